The van der Waals surface area contributed by atoms with Crippen molar-refractivity contribution in [3.05, 3.63) is 65.7 Å². The van der Waals surface area contributed by atoms with E-state index in [4.69, 9.17) is 9.84 Å². The molecule has 0 radical (unpaired) electrons. The monoisotopic (exact) mass is 339 g/mol. The van der Waals surface area contributed by atoms with Gasteiger partial charge in [-0.15, -0.1) is 0 Å². The molecular formula is C20H21NO4. The first-order valence-corrected chi connectivity index (χ1v) is 8.37. The van der Waals surface area contributed by atoms with Crippen LogP contribution in [0, 0.1) is 0 Å². The fourth-order valence-corrected chi connectivity index (χ4v) is 3.19. The van der Waals surface area contributed by atoms with Crippen molar-refractivity contribution in [2.24, 2.45) is 0 Å². The molecule has 2 aromatic rings. The minimum Gasteiger partial charge on any atom is -0.482 e. The lowest BCUT2D eigenvalue weighted by Crippen LogP contribution is -2.45. The van der Waals surface area contributed by atoms with Gasteiger partial charge in [-0.2, -0.15) is 0 Å². The van der Waals surface area contributed by atoms with Crippen LogP contribution in [0.15, 0.2) is 54.6 Å². The highest BCUT2D eigenvalue weighted by atomic mass is 16.5. The Morgan fingerprint density at radius 3 is 2.48 bits per heavy atom. The molecule has 5 heteroatoms. The third-order valence-electron chi connectivity index (χ3n) is 4.74. The van der Waals surface area contributed by atoms with Crippen molar-refractivity contribution in [1.82, 2.24) is 5.32 Å². The van der Waals surface area contributed by atoms with E-state index in [9.17, 15) is 9.59 Å². The van der Waals surface area contributed by atoms with Gasteiger partial charge in [0.25, 0.3) is 5.91 Å². The van der Waals surface area contributed by atoms with Crippen molar-refractivity contribution in [3.8, 4) is 5.75 Å². The van der Waals surface area contributed by atoms with E-state index in [-0.39, 0.29) is 11.3 Å². The third-order valence-corrected chi connectivity index (χ3v) is 4.74. The van der Waals surface area contributed by atoms with Gasteiger partial charge in [0.2, 0.25) is 0 Å². The quantitative estimate of drug-likeness (QED) is 0.813. The van der Waals surface area contributed by atoms with Crippen molar-refractivity contribution < 1.29 is 19.4 Å². The summed E-state index contributed by atoms with van der Waals surface area (Å²) in [7, 11) is 0. The number of benzene rings is 2. The van der Waals surface area contributed by atoms with Gasteiger partial charge >= 0.3 is 5.97 Å². The number of hydrogen-bond acceptors (Lipinski definition) is 3. The average molecular weight is 339 g/mol. The predicted octanol–water partition coefficient (Wildman–Crippen LogP) is 3.00. The Morgan fingerprint density at radius 1 is 1.08 bits per heavy atom. The molecule has 0 heterocycles. The van der Waals surface area contributed by atoms with Gasteiger partial charge in [0.15, 0.2) is 6.61 Å². The molecule has 2 aromatic carbocycles. The predicted molar refractivity (Wildman–Crippen MR) is 93.9 cm³/mol. The van der Waals surface area contributed by atoms with E-state index in [1.165, 1.54) is 12.0 Å². The summed E-state index contributed by atoms with van der Waals surface area (Å²) in [6, 6.07) is 16.9. The Hall–Kier alpha value is -2.82. The van der Waals surface area contributed by atoms with Crippen LogP contribution in [0.25, 0.3) is 0 Å². The minimum absolute atomic E-state index is 0.0222. The summed E-state index contributed by atoms with van der Waals surface area (Å²) < 4.78 is 5.13. The summed E-state index contributed by atoms with van der Waals surface area (Å²) in [6.07, 6.45) is 3.31. The second-order valence-electron chi connectivity index (χ2n) is 6.39. The second kappa shape index (κ2) is 7.38. The summed E-state index contributed by atoms with van der Waals surface area (Å²) in [5, 5.41) is 11.7. The number of hydrogen-bond donors (Lipinski definition) is 2. The zero-order chi connectivity index (χ0) is 17.7. The van der Waals surface area contributed by atoms with Crippen molar-refractivity contribution in [2.45, 2.75) is 24.7 Å². The lowest BCUT2D eigenvalue weighted by Gasteiger charge is -2.42. The summed E-state index contributed by atoms with van der Waals surface area (Å²) >= 11 is 0. The van der Waals surface area contributed by atoms with E-state index in [1.807, 2.05) is 18.2 Å². The van der Waals surface area contributed by atoms with Crippen molar-refractivity contribution in [3.63, 3.8) is 0 Å². The maximum atomic E-state index is 12.5. The molecule has 0 aromatic heterocycles. The van der Waals surface area contributed by atoms with Crippen LogP contribution in [-0.4, -0.2) is 30.1 Å². The Labute approximate surface area is 146 Å². The molecule has 1 aliphatic carbocycles. The Morgan fingerprint density at radius 2 is 1.84 bits per heavy atom. The molecule has 1 saturated carbocycles. The van der Waals surface area contributed by atoms with Gasteiger partial charge in [0.1, 0.15) is 5.75 Å². The highest BCUT2D eigenvalue weighted by molar-refractivity contribution is 5.94. The summed E-state index contributed by atoms with van der Waals surface area (Å²) in [6.45, 7) is 0.165. The SMILES string of the molecule is O=C(O)COc1cccc(C(=O)NCC2(c3ccccc3)CCC2)c1. The first kappa shape index (κ1) is 17.0. The van der Waals surface area contributed by atoms with Crippen LogP contribution in [0.3, 0.4) is 0 Å². The number of rotatable bonds is 7. The zero-order valence-corrected chi connectivity index (χ0v) is 13.9. The van der Waals surface area contributed by atoms with E-state index in [0.29, 0.717) is 17.9 Å². The number of nitrogens with one attached hydrogen (secondary N) is 1. The van der Waals surface area contributed by atoms with Crippen LogP contribution in [-0.2, 0) is 10.2 Å². The highest BCUT2D eigenvalue weighted by Gasteiger charge is 2.38. The molecule has 1 aliphatic rings. The Kier molecular flexibility index (Phi) is 5.03. The first-order chi connectivity index (χ1) is 12.1. The zero-order valence-electron chi connectivity index (χ0n) is 13.9. The molecule has 0 bridgehead atoms. The van der Waals surface area contributed by atoms with E-state index in [0.717, 1.165) is 12.8 Å². The molecule has 1 amide bonds. The summed E-state index contributed by atoms with van der Waals surface area (Å²) in [5.41, 5.74) is 1.75. The van der Waals surface area contributed by atoms with Crippen LogP contribution in [0.5, 0.6) is 5.75 Å². The average Bonchev–Trinajstić information content (AvgIpc) is 2.60. The maximum absolute atomic E-state index is 12.5. The number of ether oxygens (including phenoxy) is 1. The van der Waals surface area contributed by atoms with Gasteiger partial charge < -0.3 is 15.2 Å². The van der Waals surface area contributed by atoms with Crippen LogP contribution in [0.1, 0.15) is 35.2 Å². The molecule has 0 unspecified atom stereocenters. The molecule has 0 atom stereocenters. The van der Waals surface area contributed by atoms with Gasteiger partial charge in [-0.05, 0) is 36.6 Å². The van der Waals surface area contributed by atoms with Crippen molar-refractivity contribution in [2.75, 3.05) is 13.2 Å². The van der Waals surface area contributed by atoms with Crippen LogP contribution >= 0.6 is 0 Å². The maximum Gasteiger partial charge on any atom is 0.341 e. The summed E-state index contributed by atoms with van der Waals surface area (Å²) in [4.78, 5) is 23.0. The lowest BCUT2D eigenvalue weighted by atomic mass is 9.64. The molecule has 3 rings (SSSR count). The van der Waals surface area contributed by atoms with E-state index < -0.39 is 12.6 Å². The Bertz CT molecular complexity index is 753. The smallest absolute Gasteiger partial charge is 0.341 e. The Balaban J connectivity index is 1.64. The highest BCUT2D eigenvalue weighted by Crippen LogP contribution is 2.43. The van der Waals surface area contributed by atoms with E-state index in [2.05, 4.69) is 17.4 Å². The fraction of sp³-hybridized carbons (Fsp3) is 0.300. The lowest BCUT2D eigenvalue weighted by molar-refractivity contribution is -0.139. The minimum atomic E-state index is -1.05. The van der Waals surface area contributed by atoms with Crippen LogP contribution in [0.2, 0.25) is 0 Å². The van der Waals surface area contributed by atoms with Gasteiger partial charge in [0, 0.05) is 17.5 Å². The van der Waals surface area contributed by atoms with E-state index >= 15 is 0 Å². The third kappa shape index (κ3) is 3.99. The molecule has 0 saturated heterocycles. The van der Waals surface area contributed by atoms with Gasteiger partial charge in [-0.3, -0.25) is 4.79 Å². The normalized spacial score (nSPS) is 15.0. The van der Waals surface area contributed by atoms with Crippen LogP contribution < -0.4 is 10.1 Å². The largest absolute Gasteiger partial charge is 0.482 e. The van der Waals surface area contributed by atoms with Crippen molar-refractivity contribution in [1.29, 1.82) is 0 Å². The van der Waals surface area contributed by atoms with E-state index in [1.54, 1.807) is 24.3 Å². The number of amides is 1. The number of carboxylic acids is 1. The molecule has 0 aliphatic heterocycles. The molecule has 130 valence electrons. The second-order valence-corrected chi connectivity index (χ2v) is 6.39. The number of carbonyl (C=O) groups is 2. The molecule has 0 spiro atoms. The molecule has 1 fully saturated rings. The molecule has 2 N–H and O–H groups in total. The topological polar surface area (TPSA) is 75.6 Å². The number of aliphatic carboxylic acids is 1. The standard InChI is InChI=1S/C20H21NO4/c22-18(23)13-25-17-9-4-6-15(12-17)19(24)21-14-20(10-5-11-20)16-7-2-1-3-8-16/h1-4,6-9,12H,5,10-11,13-14H2,(H,21,24)(H,22,23). The summed E-state index contributed by atoms with van der Waals surface area (Å²) in [5.74, 6) is -0.857. The fourth-order valence-electron chi connectivity index (χ4n) is 3.19. The van der Waals surface area contributed by atoms with Gasteiger partial charge in [-0.1, -0.05) is 42.8 Å². The molecule has 25 heavy (non-hydrogen) atoms. The van der Waals surface area contributed by atoms with Crippen molar-refractivity contribution >= 4 is 11.9 Å². The number of carboxylic acid groups (broad SMARTS) is 1. The van der Waals surface area contributed by atoms with Crippen LogP contribution in [0.4, 0.5) is 0 Å². The van der Waals surface area contributed by atoms with Gasteiger partial charge in [0.05, 0.1) is 0 Å². The van der Waals surface area contributed by atoms with Gasteiger partial charge in [-0.25, -0.2) is 4.79 Å². The first-order valence-electron chi connectivity index (χ1n) is 8.37. The molecular weight excluding hydrogens is 318 g/mol. The number of carbonyl (C=O) groups excluding carboxylic acids is 1. The molecule has 5 nitrogen and oxygen atoms in total.